The molecule has 8 nitrogen and oxygen atoms in total. The van der Waals surface area contributed by atoms with Crippen LogP contribution in [0, 0.1) is 11.8 Å². The summed E-state index contributed by atoms with van der Waals surface area (Å²) in [6.45, 7) is 1.69. The van der Waals surface area contributed by atoms with Crippen LogP contribution in [0.2, 0.25) is 0 Å². The van der Waals surface area contributed by atoms with Gasteiger partial charge in [-0.25, -0.2) is 4.79 Å². The van der Waals surface area contributed by atoms with E-state index in [-0.39, 0.29) is 24.3 Å². The number of hydrogen-bond donors (Lipinski definition) is 2. The lowest BCUT2D eigenvalue weighted by atomic mass is 9.78. The number of carboxylic acids is 1. The van der Waals surface area contributed by atoms with Crippen molar-refractivity contribution in [1.29, 1.82) is 0 Å². The number of piperidine rings is 1. The Morgan fingerprint density at radius 1 is 1.12 bits per heavy atom. The molecule has 0 aromatic heterocycles. The van der Waals surface area contributed by atoms with Crippen LogP contribution < -0.4 is 14.8 Å². The smallest absolute Gasteiger partial charge is 0.321 e. The van der Waals surface area contributed by atoms with E-state index in [1.165, 1.54) is 0 Å². The lowest BCUT2D eigenvalue weighted by Crippen LogP contribution is -2.46. The van der Waals surface area contributed by atoms with Gasteiger partial charge in [0.1, 0.15) is 0 Å². The van der Waals surface area contributed by atoms with Crippen LogP contribution in [0.15, 0.2) is 47.5 Å². The van der Waals surface area contributed by atoms with Crippen LogP contribution >= 0.6 is 0 Å². The molecule has 0 unspecified atom stereocenters. The molecule has 180 valence electrons. The van der Waals surface area contributed by atoms with Gasteiger partial charge in [-0.05, 0) is 60.9 Å². The molecular formula is C26H31N3O5. The molecule has 0 aliphatic carbocycles. The van der Waals surface area contributed by atoms with E-state index in [1.54, 1.807) is 19.1 Å². The first-order chi connectivity index (χ1) is 16.5. The van der Waals surface area contributed by atoms with Crippen molar-refractivity contribution in [2.45, 2.75) is 25.7 Å². The van der Waals surface area contributed by atoms with Crippen molar-refractivity contribution in [1.82, 2.24) is 4.90 Å². The van der Waals surface area contributed by atoms with Gasteiger partial charge in [0.05, 0.1) is 14.2 Å². The number of ether oxygens (including phenoxy) is 2. The van der Waals surface area contributed by atoms with Crippen molar-refractivity contribution < 1.29 is 24.2 Å². The molecule has 1 fully saturated rings. The SMILES string of the molecule is COc1cc2c(cc1OC)C(C[C@H]1CN(C(=O)Nc3ccccc3)CC[C@H]1CC(=O)O)=NCC2. The molecule has 8 heteroatoms. The summed E-state index contributed by atoms with van der Waals surface area (Å²) in [5.74, 6) is 0.489. The highest BCUT2D eigenvalue weighted by molar-refractivity contribution is 6.03. The Labute approximate surface area is 199 Å². The summed E-state index contributed by atoms with van der Waals surface area (Å²) in [7, 11) is 3.23. The molecule has 0 spiro atoms. The van der Waals surface area contributed by atoms with Gasteiger partial charge in [-0.2, -0.15) is 0 Å². The van der Waals surface area contributed by atoms with Crippen molar-refractivity contribution in [3.63, 3.8) is 0 Å². The molecule has 1 saturated heterocycles. The highest BCUT2D eigenvalue weighted by Gasteiger charge is 2.34. The summed E-state index contributed by atoms with van der Waals surface area (Å²) in [6.07, 6.45) is 2.15. The Bertz CT molecular complexity index is 1070. The van der Waals surface area contributed by atoms with E-state index in [2.05, 4.69) is 5.32 Å². The fraction of sp³-hybridized carbons (Fsp3) is 0.423. The van der Waals surface area contributed by atoms with Crippen molar-refractivity contribution >= 4 is 23.4 Å². The monoisotopic (exact) mass is 465 g/mol. The van der Waals surface area contributed by atoms with Crippen LogP contribution in [0.3, 0.4) is 0 Å². The van der Waals surface area contributed by atoms with Crippen molar-refractivity contribution in [3.8, 4) is 11.5 Å². The zero-order valence-corrected chi connectivity index (χ0v) is 19.6. The molecule has 34 heavy (non-hydrogen) atoms. The maximum Gasteiger partial charge on any atom is 0.321 e. The quantitative estimate of drug-likeness (QED) is 0.642. The Morgan fingerprint density at radius 3 is 2.56 bits per heavy atom. The average molecular weight is 466 g/mol. The van der Waals surface area contributed by atoms with Crippen LogP contribution in [0.25, 0.3) is 0 Å². The molecule has 4 rings (SSSR count). The number of nitrogens with one attached hydrogen (secondary N) is 1. The molecule has 2 aromatic carbocycles. The van der Waals surface area contributed by atoms with Crippen molar-refractivity contribution in [2.24, 2.45) is 16.8 Å². The number of urea groups is 1. The first-order valence-corrected chi connectivity index (χ1v) is 11.6. The summed E-state index contributed by atoms with van der Waals surface area (Å²) >= 11 is 0. The molecule has 2 N–H and O–H groups in total. The molecule has 2 aromatic rings. The Hall–Kier alpha value is -3.55. The first kappa shape index (κ1) is 23.6. The van der Waals surface area contributed by atoms with E-state index in [9.17, 15) is 14.7 Å². The van der Waals surface area contributed by atoms with Gasteiger partial charge in [0.15, 0.2) is 11.5 Å². The lowest BCUT2D eigenvalue weighted by Gasteiger charge is -2.38. The summed E-state index contributed by atoms with van der Waals surface area (Å²) in [6, 6.07) is 13.1. The van der Waals surface area contributed by atoms with Gasteiger partial charge < -0.3 is 24.8 Å². The average Bonchev–Trinajstić information content (AvgIpc) is 2.84. The Morgan fingerprint density at radius 2 is 1.85 bits per heavy atom. The number of aliphatic imine (C=N–C) groups is 1. The van der Waals surface area contributed by atoms with E-state index < -0.39 is 5.97 Å². The minimum Gasteiger partial charge on any atom is -0.493 e. The maximum absolute atomic E-state index is 12.9. The number of carbonyl (C=O) groups is 2. The number of aliphatic carboxylic acids is 1. The molecule has 2 heterocycles. The predicted molar refractivity (Wildman–Crippen MR) is 130 cm³/mol. The summed E-state index contributed by atoms with van der Waals surface area (Å²) < 4.78 is 11.0. The first-order valence-electron chi connectivity index (χ1n) is 11.6. The number of anilines is 1. The van der Waals surface area contributed by atoms with Crippen LogP contribution in [0.4, 0.5) is 10.5 Å². The lowest BCUT2D eigenvalue weighted by molar-refractivity contribution is -0.138. The van der Waals surface area contributed by atoms with E-state index >= 15 is 0 Å². The second kappa shape index (κ2) is 10.6. The summed E-state index contributed by atoms with van der Waals surface area (Å²) in [4.78, 5) is 31.1. The number of carboxylic acid groups (broad SMARTS) is 1. The number of methoxy groups -OCH3 is 2. The molecular weight excluding hydrogens is 434 g/mol. The van der Waals surface area contributed by atoms with Crippen LogP contribution in [-0.4, -0.2) is 61.6 Å². The molecule has 0 bridgehead atoms. The van der Waals surface area contributed by atoms with Gasteiger partial charge in [0.2, 0.25) is 0 Å². The van der Waals surface area contributed by atoms with Crippen LogP contribution in [0.5, 0.6) is 11.5 Å². The minimum atomic E-state index is -0.811. The van der Waals surface area contributed by atoms with Gasteiger partial charge in [0.25, 0.3) is 0 Å². The Kier molecular flexibility index (Phi) is 7.35. The van der Waals surface area contributed by atoms with E-state index in [4.69, 9.17) is 14.5 Å². The second-order valence-corrected chi connectivity index (χ2v) is 8.80. The number of rotatable bonds is 7. The number of hydrogen-bond acceptors (Lipinski definition) is 5. The zero-order chi connectivity index (χ0) is 24.1. The molecule has 2 amide bonds. The third-order valence-electron chi connectivity index (χ3n) is 6.70. The maximum atomic E-state index is 12.9. The number of carbonyl (C=O) groups excluding carboxylic acids is 1. The molecule has 2 aliphatic heterocycles. The zero-order valence-electron chi connectivity index (χ0n) is 19.6. The van der Waals surface area contributed by atoms with E-state index in [0.29, 0.717) is 44.0 Å². The number of benzene rings is 2. The van der Waals surface area contributed by atoms with Gasteiger partial charge in [-0.1, -0.05) is 18.2 Å². The van der Waals surface area contributed by atoms with E-state index in [0.717, 1.165) is 28.9 Å². The van der Waals surface area contributed by atoms with Crippen LogP contribution in [-0.2, 0) is 11.2 Å². The number of nitrogens with zero attached hydrogens (tertiary/aromatic N) is 2. The summed E-state index contributed by atoms with van der Waals surface area (Å²) in [5.41, 5.74) is 3.84. The van der Waals surface area contributed by atoms with Crippen molar-refractivity contribution in [2.75, 3.05) is 39.2 Å². The normalized spacial score (nSPS) is 19.6. The number of para-hydroxylation sites is 1. The number of fused-ring (bicyclic) bond motifs is 1. The highest BCUT2D eigenvalue weighted by Crippen LogP contribution is 2.36. The molecule has 0 saturated carbocycles. The number of likely N-dealkylation sites (tertiary alicyclic amines) is 1. The third kappa shape index (κ3) is 5.32. The molecule has 0 radical (unpaired) electrons. The van der Waals surface area contributed by atoms with Crippen LogP contribution in [0.1, 0.15) is 30.4 Å². The Balaban J connectivity index is 1.54. The topological polar surface area (TPSA) is 100 Å². The van der Waals surface area contributed by atoms with Gasteiger partial charge in [-0.3, -0.25) is 9.79 Å². The largest absolute Gasteiger partial charge is 0.493 e. The highest BCUT2D eigenvalue weighted by atomic mass is 16.5. The minimum absolute atomic E-state index is 0.0100. The number of amides is 2. The second-order valence-electron chi connectivity index (χ2n) is 8.80. The third-order valence-corrected chi connectivity index (χ3v) is 6.70. The fourth-order valence-corrected chi connectivity index (χ4v) is 4.93. The fourth-order valence-electron chi connectivity index (χ4n) is 4.93. The standard InChI is InChI=1S/C26H31N3O5/c1-33-23-13-18-8-10-27-22(21(18)15-24(23)34-2)12-19-16-29(11-9-17(19)14-25(30)31)26(32)28-20-6-4-3-5-7-20/h3-7,13,15,17,19H,8-12,14,16H2,1-2H3,(H,28,32)(H,30,31)/t17-,19-/m0/s1. The van der Waals surface area contributed by atoms with Gasteiger partial charge >= 0.3 is 12.0 Å². The van der Waals surface area contributed by atoms with Gasteiger partial charge in [0, 0.05) is 43.0 Å². The molecule has 2 aliphatic rings. The van der Waals surface area contributed by atoms with Crippen molar-refractivity contribution in [3.05, 3.63) is 53.6 Å². The van der Waals surface area contributed by atoms with Gasteiger partial charge in [-0.15, -0.1) is 0 Å². The summed E-state index contributed by atoms with van der Waals surface area (Å²) in [5, 5.41) is 12.4. The predicted octanol–water partition coefficient (Wildman–Crippen LogP) is 4.08. The molecule has 2 atom stereocenters. The van der Waals surface area contributed by atoms with E-state index in [1.807, 2.05) is 42.5 Å².